The third-order valence-electron chi connectivity index (χ3n) is 2.56. The van der Waals surface area contributed by atoms with Crippen LogP contribution in [0.15, 0.2) is 54.6 Å². The molecule has 2 rings (SSSR count). The Kier molecular flexibility index (Phi) is 3.91. The van der Waals surface area contributed by atoms with E-state index >= 15 is 0 Å². The lowest BCUT2D eigenvalue weighted by Gasteiger charge is -2.02. The van der Waals surface area contributed by atoms with E-state index in [9.17, 15) is 15.2 Å². The molecule has 0 aliphatic rings. The lowest BCUT2D eigenvalue weighted by atomic mass is 10.1. The Morgan fingerprint density at radius 3 is 2.37 bits per heavy atom. The van der Waals surface area contributed by atoms with Crippen LogP contribution in [0.4, 0.5) is 5.69 Å². The van der Waals surface area contributed by atoms with Gasteiger partial charge in [-0.3, -0.25) is 10.1 Å². The van der Waals surface area contributed by atoms with Crippen LogP contribution in [0.5, 0.6) is 0 Å². The minimum absolute atomic E-state index is 0.0599. The van der Waals surface area contributed by atoms with Crippen LogP contribution >= 0.6 is 0 Å². The summed E-state index contributed by atoms with van der Waals surface area (Å²) in [7, 11) is 0. The van der Waals surface area contributed by atoms with Gasteiger partial charge in [-0.05, 0) is 11.6 Å². The Morgan fingerprint density at radius 1 is 1.05 bits per heavy atom. The van der Waals surface area contributed by atoms with Gasteiger partial charge in [0.05, 0.1) is 4.92 Å². The van der Waals surface area contributed by atoms with Crippen molar-refractivity contribution in [3.63, 3.8) is 0 Å². The maximum Gasteiger partial charge on any atom is 0.284 e. The largest absolute Gasteiger partial charge is 0.376 e. The summed E-state index contributed by atoms with van der Waals surface area (Å²) < 4.78 is 0. The van der Waals surface area contributed by atoms with Crippen molar-refractivity contribution in [1.29, 1.82) is 0 Å². The topological polar surface area (TPSA) is 63.4 Å². The molecule has 19 heavy (non-hydrogen) atoms. The highest BCUT2D eigenvalue weighted by atomic mass is 16.6. The molecule has 0 spiro atoms. The number of aliphatic hydroxyl groups is 1. The predicted molar refractivity (Wildman–Crippen MR) is 71.4 cm³/mol. The molecular formula is C15H11NO3. The van der Waals surface area contributed by atoms with Gasteiger partial charge in [0.25, 0.3) is 5.69 Å². The van der Waals surface area contributed by atoms with Gasteiger partial charge in [-0.15, -0.1) is 0 Å². The molecule has 2 aromatic rings. The molecule has 0 bridgehead atoms. The van der Waals surface area contributed by atoms with Gasteiger partial charge in [0.1, 0.15) is 11.7 Å². The molecule has 2 aromatic carbocycles. The lowest BCUT2D eigenvalue weighted by Crippen LogP contribution is -1.94. The smallest absolute Gasteiger partial charge is 0.284 e. The Hall–Kier alpha value is -2.64. The lowest BCUT2D eigenvalue weighted by molar-refractivity contribution is -0.385. The maximum absolute atomic E-state index is 10.8. The fraction of sp³-hybridized carbons (Fsp3) is 0.0667. The monoisotopic (exact) mass is 253 g/mol. The Bertz CT molecular complexity index is 641. The summed E-state index contributed by atoms with van der Waals surface area (Å²) >= 11 is 0. The van der Waals surface area contributed by atoms with E-state index in [1.54, 1.807) is 42.5 Å². The van der Waals surface area contributed by atoms with Crippen molar-refractivity contribution in [2.75, 3.05) is 0 Å². The SMILES string of the molecule is O=[N+]([O-])c1ccccc1C#CC(O)c1ccccc1. The number of rotatable bonds is 2. The van der Waals surface area contributed by atoms with Crippen LogP contribution in [0.25, 0.3) is 0 Å². The molecule has 0 heterocycles. The zero-order valence-electron chi connectivity index (χ0n) is 9.98. The molecule has 0 radical (unpaired) electrons. The van der Waals surface area contributed by atoms with Crippen molar-refractivity contribution in [2.45, 2.75) is 6.10 Å². The van der Waals surface area contributed by atoms with Crippen LogP contribution in [-0.2, 0) is 0 Å². The van der Waals surface area contributed by atoms with Crippen LogP contribution in [0, 0.1) is 22.0 Å². The molecule has 1 atom stereocenters. The van der Waals surface area contributed by atoms with Gasteiger partial charge in [0, 0.05) is 6.07 Å². The molecule has 1 unspecified atom stereocenters. The zero-order chi connectivity index (χ0) is 13.7. The average molecular weight is 253 g/mol. The van der Waals surface area contributed by atoms with E-state index in [2.05, 4.69) is 11.8 Å². The van der Waals surface area contributed by atoms with E-state index < -0.39 is 11.0 Å². The minimum Gasteiger partial charge on any atom is -0.376 e. The van der Waals surface area contributed by atoms with Crippen molar-refractivity contribution in [2.24, 2.45) is 0 Å². The van der Waals surface area contributed by atoms with Gasteiger partial charge in [-0.2, -0.15) is 0 Å². The number of nitro benzene ring substituents is 1. The normalized spacial score (nSPS) is 11.2. The Morgan fingerprint density at radius 2 is 1.68 bits per heavy atom. The number of nitro groups is 1. The van der Waals surface area contributed by atoms with Gasteiger partial charge < -0.3 is 5.11 Å². The van der Waals surface area contributed by atoms with Gasteiger partial charge in [0.15, 0.2) is 0 Å². The Labute approximate surface area is 110 Å². The fourth-order valence-corrected chi connectivity index (χ4v) is 1.60. The van der Waals surface area contributed by atoms with Gasteiger partial charge in [-0.25, -0.2) is 0 Å². The van der Waals surface area contributed by atoms with Crippen LogP contribution in [-0.4, -0.2) is 10.0 Å². The van der Waals surface area contributed by atoms with Crippen LogP contribution in [0.2, 0.25) is 0 Å². The van der Waals surface area contributed by atoms with E-state index in [4.69, 9.17) is 0 Å². The van der Waals surface area contributed by atoms with E-state index in [1.807, 2.05) is 6.07 Å². The molecule has 4 heteroatoms. The van der Waals surface area contributed by atoms with Crippen molar-refractivity contribution in [1.82, 2.24) is 0 Å². The van der Waals surface area contributed by atoms with Gasteiger partial charge in [0.2, 0.25) is 0 Å². The molecule has 0 amide bonds. The van der Waals surface area contributed by atoms with Crippen molar-refractivity contribution >= 4 is 5.69 Å². The van der Waals surface area contributed by atoms with Crippen LogP contribution in [0.1, 0.15) is 17.2 Å². The molecule has 1 N–H and O–H groups in total. The molecular weight excluding hydrogens is 242 g/mol. The highest BCUT2D eigenvalue weighted by molar-refractivity contribution is 5.51. The number of nitrogens with zero attached hydrogens (tertiary/aromatic N) is 1. The number of hydrogen-bond acceptors (Lipinski definition) is 3. The molecule has 0 aromatic heterocycles. The average Bonchev–Trinajstić information content (AvgIpc) is 2.46. The molecule has 0 aliphatic heterocycles. The molecule has 0 fully saturated rings. The summed E-state index contributed by atoms with van der Waals surface area (Å²) in [4.78, 5) is 10.3. The number of benzene rings is 2. The summed E-state index contributed by atoms with van der Waals surface area (Å²) in [5.41, 5.74) is 0.895. The minimum atomic E-state index is -0.957. The third-order valence-corrected chi connectivity index (χ3v) is 2.56. The maximum atomic E-state index is 10.8. The predicted octanol–water partition coefficient (Wildman–Crippen LogP) is 2.68. The first kappa shape index (κ1) is 12.8. The van der Waals surface area contributed by atoms with Gasteiger partial charge >= 0.3 is 0 Å². The molecule has 94 valence electrons. The summed E-state index contributed by atoms with van der Waals surface area (Å²) in [6, 6.07) is 15.1. The first-order valence-electron chi connectivity index (χ1n) is 5.66. The van der Waals surface area contributed by atoms with Crippen molar-refractivity contribution in [3.8, 4) is 11.8 Å². The zero-order valence-corrected chi connectivity index (χ0v) is 9.98. The van der Waals surface area contributed by atoms with Crippen molar-refractivity contribution < 1.29 is 10.0 Å². The highest BCUT2D eigenvalue weighted by Crippen LogP contribution is 2.17. The number of hydrogen-bond donors (Lipinski definition) is 1. The first-order valence-corrected chi connectivity index (χ1v) is 5.66. The quantitative estimate of drug-likeness (QED) is 0.508. The summed E-state index contributed by atoms with van der Waals surface area (Å²) in [5, 5.41) is 20.7. The van der Waals surface area contributed by atoms with Crippen LogP contribution in [0.3, 0.4) is 0 Å². The fourth-order valence-electron chi connectivity index (χ4n) is 1.60. The second-order valence-corrected chi connectivity index (χ2v) is 3.86. The summed E-state index contributed by atoms with van der Waals surface area (Å²) in [6.07, 6.45) is -0.957. The second-order valence-electron chi connectivity index (χ2n) is 3.86. The summed E-state index contributed by atoms with van der Waals surface area (Å²) in [6.45, 7) is 0. The van der Waals surface area contributed by atoms with Gasteiger partial charge in [-0.1, -0.05) is 54.3 Å². The summed E-state index contributed by atoms with van der Waals surface area (Å²) in [5.74, 6) is 5.26. The number of para-hydroxylation sites is 1. The Balaban J connectivity index is 2.28. The van der Waals surface area contributed by atoms with E-state index in [0.29, 0.717) is 11.1 Å². The number of aliphatic hydroxyl groups excluding tert-OH is 1. The molecule has 0 aliphatic carbocycles. The third kappa shape index (κ3) is 3.18. The van der Waals surface area contributed by atoms with E-state index in [0.717, 1.165) is 0 Å². The molecule has 0 saturated heterocycles. The van der Waals surface area contributed by atoms with E-state index in [1.165, 1.54) is 6.07 Å². The highest BCUT2D eigenvalue weighted by Gasteiger charge is 2.10. The molecule has 4 nitrogen and oxygen atoms in total. The van der Waals surface area contributed by atoms with Crippen molar-refractivity contribution in [3.05, 3.63) is 75.8 Å². The second kappa shape index (κ2) is 5.80. The standard InChI is InChI=1S/C15H11NO3/c17-15(13-7-2-1-3-8-13)11-10-12-6-4-5-9-14(12)16(18)19/h1-9,15,17H. The first-order chi connectivity index (χ1) is 9.18. The molecule has 0 saturated carbocycles. The van der Waals surface area contributed by atoms with E-state index in [-0.39, 0.29) is 5.69 Å². The van der Waals surface area contributed by atoms with Crippen LogP contribution < -0.4 is 0 Å².